The summed E-state index contributed by atoms with van der Waals surface area (Å²) in [7, 11) is 0. The number of benzene rings is 2. The van der Waals surface area contributed by atoms with Crippen LogP contribution in [0.15, 0.2) is 45.8 Å². The van der Waals surface area contributed by atoms with E-state index in [4.69, 9.17) is 13.9 Å². The van der Waals surface area contributed by atoms with E-state index in [2.05, 4.69) is 0 Å². The van der Waals surface area contributed by atoms with Crippen molar-refractivity contribution < 1.29 is 49.6 Å². The maximum Gasteiger partial charge on any atom is 0.229 e. The minimum absolute atomic E-state index is 0.00757. The number of aromatic hydroxyl groups is 3. The summed E-state index contributed by atoms with van der Waals surface area (Å²) in [5.74, 6) is -1.37. The molecule has 0 saturated carbocycles. The fourth-order valence-electron chi connectivity index (χ4n) is 3.49. The minimum atomic E-state index is -1.67. The third-order valence-corrected chi connectivity index (χ3v) is 5.20. The second-order valence-electron chi connectivity index (χ2n) is 7.31. The first kappa shape index (κ1) is 21.9. The lowest BCUT2D eigenvalue weighted by Crippen LogP contribution is -2.60. The van der Waals surface area contributed by atoms with Gasteiger partial charge >= 0.3 is 0 Å². The summed E-state index contributed by atoms with van der Waals surface area (Å²) in [5, 5.41) is 68.7. The van der Waals surface area contributed by atoms with Gasteiger partial charge in [-0.05, 0) is 17.7 Å². The SMILES string of the molecule is O=c1c(-c2ccc(O[C@@H]3O[C@H](CO)[C@@H](O)[C@H](O)[C@H]3O)c(O)c2)coc2cc(O)cc(O)c12. The summed E-state index contributed by atoms with van der Waals surface area (Å²) in [5.41, 5.74) is -0.409. The van der Waals surface area contributed by atoms with Gasteiger partial charge in [0, 0.05) is 12.1 Å². The molecule has 1 fully saturated rings. The highest BCUT2D eigenvalue weighted by atomic mass is 16.7. The molecule has 170 valence electrons. The molecule has 1 aromatic heterocycles. The van der Waals surface area contributed by atoms with Crippen LogP contribution in [0.2, 0.25) is 0 Å². The van der Waals surface area contributed by atoms with Crippen LogP contribution < -0.4 is 10.2 Å². The van der Waals surface area contributed by atoms with Crippen LogP contribution >= 0.6 is 0 Å². The monoisotopic (exact) mass is 448 g/mol. The van der Waals surface area contributed by atoms with Gasteiger partial charge in [-0.25, -0.2) is 0 Å². The van der Waals surface area contributed by atoms with E-state index in [1.165, 1.54) is 24.3 Å². The Morgan fingerprint density at radius 3 is 2.38 bits per heavy atom. The van der Waals surface area contributed by atoms with Crippen molar-refractivity contribution in [3.05, 3.63) is 46.8 Å². The Morgan fingerprint density at radius 2 is 1.69 bits per heavy atom. The molecule has 7 N–H and O–H groups in total. The van der Waals surface area contributed by atoms with Crippen molar-refractivity contribution in [1.29, 1.82) is 0 Å². The van der Waals surface area contributed by atoms with E-state index in [9.17, 15) is 40.5 Å². The maximum atomic E-state index is 12.8. The molecule has 0 aliphatic carbocycles. The molecule has 32 heavy (non-hydrogen) atoms. The van der Waals surface area contributed by atoms with Gasteiger partial charge in [0.1, 0.15) is 53.1 Å². The van der Waals surface area contributed by atoms with Crippen LogP contribution in [-0.2, 0) is 4.74 Å². The highest BCUT2D eigenvalue weighted by Crippen LogP contribution is 2.35. The molecule has 4 rings (SSSR count). The summed E-state index contributed by atoms with van der Waals surface area (Å²) >= 11 is 0. The van der Waals surface area contributed by atoms with Gasteiger partial charge in [-0.15, -0.1) is 0 Å². The van der Waals surface area contributed by atoms with Gasteiger partial charge in [0.05, 0.1) is 12.2 Å². The molecular formula is C21H20O11. The summed E-state index contributed by atoms with van der Waals surface area (Å²) in [6.45, 7) is -0.641. The number of hydrogen-bond donors (Lipinski definition) is 7. The number of aliphatic hydroxyl groups excluding tert-OH is 4. The second kappa shape index (κ2) is 8.30. The van der Waals surface area contributed by atoms with Crippen LogP contribution in [0.5, 0.6) is 23.0 Å². The van der Waals surface area contributed by atoms with E-state index >= 15 is 0 Å². The molecule has 11 heteroatoms. The summed E-state index contributed by atoms with van der Waals surface area (Å²) in [6.07, 6.45) is -6.46. The molecule has 0 unspecified atom stereocenters. The molecule has 1 aliphatic heterocycles. The Hall–Kier alpha value is -3.35. The van der Waals surface area contributed by atoms with E-state index in [-0.39, 0.29) is 33.6 Å². The van der Waals surface area contributed by atoms with Gasteiger partial charge < -0.3 is 49.6 Å². The zero-order valence-corrected chi connectivity index (χ0v) is 16.3. The van der Waals surface area contributed by atoms with Crippen LogP contribution in [0.4, 0.5) is 0 Å². The molecule has 0 amide bonds. The third-order valence-electron chi connectivity index (χ3n) is 5.20. The zero-order valence-electron chi connectivity index (χ0n) is 16.3. The summed E-state index contributed by atoms with van der Waals surface area (Å²) in [6, 6.07) is 6.02. The van der Waals surface area contributed by atoms with Gasteiger partial charge in [0.25, 0.3) is 0 Å². The maximum absolute atomic E-state index is 12.8. The minimum Gasteiger partial charge on any atom is -0.508 e. The lowest BCUT2D eigenvalue weighted by Gasteiger charge is -2.39. The molecule has 2 aromatic carbocycles. The Balaban J connectivity index is 1.64. The average molecular weight is 448 g/mol. The van der Waals surface area contributed by atoms with Crippen molar-refractivity contribution in [3.63, 3.8) is 0 Å². The predicted molar refractivity (Wildman–Crippen MR) is 107 cm³/mol. The van der Waals surface area contributed by atoms with Crippen molar-refractivity contribution in [2.24, 2.45) is 0 Å². The van der Waals surface area contributed by atoms with Crippen molar-refractivity contribution in [2.45, 2.75) is 30.7 Å². The average Bonchev–Trinajstić information content (AvgIpc) is 2.75. The number of hydrogen-bond acceptors (Lipinski definition) is 11. The molecular weight excluding hydrogens is 428 g/mol. The van der Waals surface area contributed by atoms with Crippen molar-refractivity contribution in [2.75, 3.05) is 6.61 Å². The van der Waals surface area contributed by atoms with E-state index in [1.54, 1.807) is 0 Å². The topological polar surface area (TPSA) is 190 Å². The largest absolute Gasteiger partial charge is 0.508 e. The molecule has 0 spiro atoms. The lowest BCUT2D eigenvalue weighted by atomic mass is 9.99. The number of phenols is 3. The van der Waals surface area contributed by atoms with Crippen LogP contribution in [0.3, 0.4) is 0 Å². The van der Waals surface area contributed by atoms with E-state index in [1.807, 2.05) is 0 Å². The van der Waals surface area contributed by atoms with Gasteiger partial charge in [0.15, 0.2) is 11.5 Å². The molecule has 11 nitrogen and oxygen atoms in total. The lowest BCUT2D eigenvalue weighted by molar-refractivity contribution is -0.277. The molecule has 3 aromatic rings. The van der Waals surface area contributed by atoms with Crippen molar-refractivity contribution >= 4 is 11.0 Å². The smallest absolute Gasteiger partial charge is 0.229 e. The van der Waals surface area contributed by atoms with Gasteiger partial charge in [-0.1, -0.05) is 6.07 Å². The van der Waals surface area contributed by atoms with Crippen LogP contribution in [-0.4, -0.2) is 73.1 Å². The van der Waals surface area contributed by atoms with Gasteiger partial charge in [0.2, 0.25) is 11.7 Å². The highest BCUT2D eigenvalue weighted by molar-refractivity contribution is 5.88. The fourth-order valence-corrected chi connectivity index (χ4v) is 3.49. The molecule has 2 heterocycles. The molecule has 1 saturated heterocycles. The highest BCUT2D eigenvalue weighted by Gasteiger charge is 2.44. The number of aliphatic hydroxyl groups is 4. The number of ether oxygens (including phenoxy) is 2. The first-order chi connectivity index (χ1) is 15.2. The van der Waals surface area contributed by atoms with E-state index in [0.717, 1.165) is 12.3 Å². The summed E-state index contributed by atoms with van der Waals surface area (Å²) < 4.78 is 16.0. The molecule has 0 bridgehead atoms. The van der Waals surface area contributed by atoms with Crippen LogP contribution in [0.1, 0.15) is 0 Å². The first-order valence-electron chi connectivity index (χ1n) is 9.49. The van der Waals surface area contributed by atoms with Crippen molar-refractivity contribution in [3.8, 4) is 34.1 Å². The molecule has 1 aliphatic rings. The van der Waals surface area contributed by atoms with E-state index < -0.39 is 54.2 Å². The Kier molecular flexibility index (Phi) is 5.67. The predicted octanol–water partition coefficient (Wildman–Crippen LogP) is -0.245. The number of rotatable bonds is 4. The van der Waals surface area contributed by atoms with Crippen LogP contribution in [0, 0.1) is 0 Å². The Morgan fingerprint density at radius 1 is 0.938 bits per heavy atom. The normalized spacial score (nSPS) is 25.7. The first-order valence-corrected chi connectivity index (χ1v) is 9.49. The van der Waals surface area contributed by atoms with E-state index in [0.29, 0.717) is 0 Å². The quantitative estimate of drug-likeness (QED) is 0.279. The zero-order chi connectivity index (χ0) is 23.2. The fraction of sp³-hybridized carbons (Fsp3) is 0.286. The Bertz CT molecular complexity index is 1200. The number of fused-ring (bicyclic) bond motifs is 1. The second-order valence-corrected chi connectivity index (χ2v) is 7.31. The molecule has 0 radical (unpaired) electrons. The standard InChI is InChI=1S/C21H20O11/c22-6-15-18(27)19(28)20(29)21(32-15)31-13-2-1-8(3-11(13)24)10-7-30-14-5-9(23)4-12(25)16(14)17(10)26/h1-5,7,15,18-25,27-29H,6H2/t15-,18-,19+,20-,21-/m1/s1. The van der Waals surface area contributed by atoms with Crippen molar-refractivity contribution in [1.82, 2.24) is 0 Å². The summed E-state index contributed by atoms with van der Waals surface area (Å²) in [4.78, 5) is 12.8. The van der Waals surface area contributed by atoms with Gasteiger partial charge in [-0.3, -0.25) is 4.79 Å². The number of phenolic OH excluding ortho intramolecular Hbond substituents is 3. The van der Waals surface area contributed by atoms with Gasteiger partial charge in [-0.2, -0.15) is 0 Å². The van der Waals surface area contributed by atoms with Crippen LogP contribution in [0.25, 0.3) is 22.1 Å². The molecule has 5 atom stereocenters. The third kappa shape index (κ3) is 3.72. The Labute approximate surface area is 179 Å².